The van der Waals surface area contributed by atoms with Crippen LogP contribution in [0, 0.1) is 13.8 Å². The number of anilines is 1. The Balaban J connectivity index is 1.60. The first-order valence-electron chi connectivity index (χ1n) is 9.14. The first-order valence-corrected chi connectivity index (χ1v) is 9.95. The number of carbonyl (C=O) groups excluding carboxylic acids is 2. The van der Waals surface area contributed by atoms with Gasteiger partial charge in [-0.1, -0.05) is 12.1 Å². The highest BCUT2D eigenvalue weighted by Crippen LogP contribution is 2.26. The first kappa shape index (κ1) is 20.5. The molecule has 0 aliphatic rings. The molecule has 29 heavy (non-hydrogen) atoms. The van der Waals surface area contributed by atoms with E-state index in [4.69, 9.17) is 0 Å². The summed E-state index contributed by atoms with van der Waals surface area (Å²) >= 11 is 1.48. The maximum atomic E-state index is 12.4. The predicted octanol–water partition coefficient (Wildman–Crippen LogP) is 4.13. The molecule has 3 aromatic rings. The van der Waals surface area contributed by atoms with E-state index in [1.54, 1.807) is 12.1 Å². The Labute approximate surface area is 174 Å². The molecule has 6 nitrogen and oxygen atoms in total. The number of aromatic nitrogens is 2. The van der Waals surface area contributed by atoms with Gasteiger partial charge in [0.25, 0.3) is 5.91 Å². The van der Waals surface area contributed by atoms with Crippen LogP contribution in [0.25, 0.3) is 0 Å². The van der Waals surface area contributed by atoms with E-state index >= 15 is 0 Å². The Morgan fingerprint density at radius 3 is 2.14 bits per heavy atom. The van der Waals surface area contributed by atoms with Gasteiger partial charge in [0.2, 0.25) is 5.91 Å². The molecule has 0 fully saturated rings. The molecule has 0 aliphatic heterocycles. The molecule has 2 aromatic carbocycles. The van der Waals surface area contributed by atoms with E-state index < -0.39 is 0 Å². The van der Waals surface area contributed by atoms with Gasteiger partial charge in [-0.15, -0.1) is 0 Å². The minimum Gasteiger partial charge on any atom is -0.352 e. The zero-order valence-electron chi connectivity index (χ0n) is 16.5. The van der Waals surface area contributed by atoms with E-state index in [0.717, 1.165) is 21.8 Å². The molecule has 0 radical (unpaired) electrons. The lowest BCUT2D eigenvalue weighted by Crippen LogP contribution is -2.19. The zero-order chi connectivity index (χ0) is 20.8. The van der Waals surface area contributed by atoms with E-state index in [-0.39, 0.29) is 11.8 Å². The summed E-state index contributed by atoms with van der Waals surface area (Å²) in [7, 11) is 0. The zero-order valence-corrected chi connectivity index (χ0v) is 17.3. The van der Waals surface area contributed by atoms with Gasteiger partial charge >= 0.3 is 0 Å². The third-order valence-electron chi connectivity index (χ3n) is 4.04. The van der Waals surface area contributed by atoms with Gasteiger partial charge in [-0.3, -0.25) is 9.59 Å². The number of benzene rings is 2. The normalized spacial score (nSPS) is 10.4. The summed E-state index contributed by atoms with van der Waals surface area (Å²) < 4.78 is 0. The maximum Gasteiger partial charge on any atom is 0.255 e. The lowest BCUT2D eigenvalue weighted by atomic mass is 10.1. The van der Waals surface area contributed by atoms with Crippen LogP contribution in [0.15, 0.2) is 64.6 Å². The third-order valence-corrected chi connectivity index (χ3v) is 4.91. The van der Waals surface area contributed by atoms with Crippen molar-refractivity contribution in [2.75, 3.05) is 5.32 Å². The van der Waals surface area contributed by atoms with Crippen molar-refractivity contribution in [3.8, 4) is 0 Å². The summed E-state index contributed by atoms with van der Waals surface area (Å²) in [6.07, 6.45) is 0. The molecule has 0 aliphatic carbocycles. The van der Waals surface area contributed by atoms with Gasteiger partial charge in [-0.2, -0.15) is 0 Å². The Morgan fingerprint density at radius 1 is 0.931 bits per heavy atom. The fraction of sp³-hybridized carbons (Fsp3) is 0.182. The van der Waals surface area contributed by atoms with Crippen LogP contribution in [0.2, 0.25) is 0 Å². The maximum absolute atomic E-state index is 12.4. The summed E-state index contributed by atoms with van der Waals surface area (Å²) in [5, 5.41) is 6.32. The lowest BCUT2D eigenvalue weighted by molar-refractivity contribution is -0.119. The average molecular weight is 407 g/mol. The van der Waals surface area contributed by atoms with Crippen LogP contribution in [-0.2, 0) is 11.3 Å². The summed E-state index contributed by atoms with van der Waals surface area (Å²) in [5.74, 6) is -0.272. The molecular weight excluding hydrogens is 384 g/mol. The second-order valence-electron chi connectivity index (χ2n) is 6.62. The number of hydrogen-bond acceptors (Lipinski definition) is 5. The van der Waals surface area contributed by atoms with Crippen LogP contribution < -0.4 is 10.6 Å². The van der Waals surface area contributed by atoms with Crippen molar-refractivity contribution in [1.29, 1.82) is 0 Å². The molecule has 3 rings (SSSR count). The highest BCUT2D eigenvalue weighted by Gasteiger charge is 2.07. The Hall–Kier alpha value is -3.19. The molecular formula is C22H22N4O2S. The number of aryl methyl sites for hydroxylation is 2. The van der Waals surface area contributed by atoms with Crippen molar-refractivity contribution < 1.29 is 9.59 Å². The van der Waals surface area contributed by atoms with Gasteiger partial charge in [0, 0.05) is 41.0 Å². The van der Waals surface area contributed by atoms with Gasteiger partial charge in [0.05, 0.1) is 0 Å². The molecule has 148 valence electrons. The second kappa shape index (κ2) is 9.34. The number of nitrogens with one attached hydrogen (secondary N) is 2. The summed E-state index contributed by atoms with van der Waals surface area (Å²) in [6.45, 7) is 5.81. The standard InChI is InChI=1S/C22H22N4O2S/c1-14-12-15(2)25-22(24-14)29-20-10-8-19(9-11-20)26-21(28)18-6-4-17(5-7-18)13-23-16(3)27/h4-12H,13H2,1-3H3,(H,23,27)(H,26,28). The monoisotopic (exact) mass is 406 g/mol. The van der Waals surface area contributed by atoms with E-state index in [2.05, 4.69) is 20.6 Å². The van der Waals surface area contributed by atoms with Gasteiger partial charge in [-0.05, 0) is 73.6 Å². The van der Waals surface area contributed by atoms with Gasteiger partial charge in [0.15, 0.2) is 5.16 Å². The molecule has 0 saturated carbocycles. The summed E-state index contributed by atoms with van der Waals surface area (Å²) in [4.78, 5) is 33.3. The number of amides is 2. The Bertz CT molecular complexity index is 998. The number of nitrogens with zero attached hydrogens (tertiary/aromatic N) is 2. The van der Waals surface area contributed by atoms with Gasteiger partial charge in [-0.25, -0.2) is 9.97 Å². The van der Waals surface area contributed by atoms with Crippen LogP contribution >= 0.6 is 11.8 Å². The highest BCUT2D eigenvalue weighted by atomic mass is 32.2. The fourth-order valence-corrected chi connectivity index (χ4v) is 3.52. The van der Waals surface area contributed by atoms with Crippen molar-refractivity contribution in [1.82, 2.24) is 15.3 Å². The number of carbonyl (C=O) groups is 2. The van der Waals surface area contributed by atoms with Crippen molar-refractivity contribution in [3.63, 3.8) is 0 Å². The number of rotatable bonds is 6. The third kappa shape index (κ3) is 6.15. The van der Waals surface area contributed by atoms with Crippen LogP contribution in [0.3, 0.4) is 0 Å². The van der Waals surface area contributed by atoms with Crippen molar-refractivity contribution >= 4 is 29.3 Å². The molecule has 2 amide bonds. The molecule has 1 heterocycles. The van der Waals surface area contributed by atoms with Crippen molar-refractivity contribution in [2.24, 2.45) is 0 Å². The van der Waals surface area contributed by atoms with Crippen molar-refractivity contribution in [3.05, 3.63) is 77.1 Å². The molecule has 0 atom stereocenters. The predicted molar refractivity (Wildman–Crippen MR) is 114 cm³/mol. The topological polar surface area (TPSA) is 84.0 Å². The Kier molecular flexibility index (Phi) is 6.61. The molecule has 0 saturated heterocycles. The van der Waals surface area contributed by atoms with Crippen molar-refractivity contribution in [2.45, 2.75) is 37.4 Å². The molecule has 1 aromatic heterocycles. The lowest BCUT2D eigenvalue weighted by Gasteiger charge is -2.08. The SMILES string of the molecule is CC(=O)NCc1ccc(C(=O)Nc2ccc(Sc3nc(C)cc(C)n3)cc2)cc1. The molecule has 0 unspecified atom stereocenters. The minimum absolute atomic E-state index is 0.0856. The van der Waals surface area contributed by atoms with Crippen LogP contribution in [0.4, 0.5) is 5.69 Å². The average Bonchev–Trinajstić information content (AvgIpc) is 2.67. The smallest absolute Gasteiger partial charge is 0.255 e. The largest absolute Gasteiger partial charge is 0.352 e. The summed E-state index contributed by atoms with van der Waals surface area (Å²) in [6, 6.07) is 16.7. The summed E-state index contributed by atoms with van der Waals surface area (Å²) in [5.41, 5.74) is 4.08. The Morgan fingerprint density at radius 2 is 1.55 bits per heavy atom. The van der Waals surface area contributed by atoms with Crippen LogP contribution in [-0.4, -0.2) is 21.8 Å². The van der Waals surface area contributed by atoms with Gasteiger partial charge < -0.3 is 10.6 Å². The molecule has 7 heteroatoms. The quantitative estimate of drug-likeness (QED) is 0.601. The van der Waals surface area contributed by atoms with Crippen LogP contribution in [0.1, 0.15) is 34.2 Å². The molecule has 0 bridgehead atoms. The van der Waals surface area contributed by atoms with Gasteiger partial charge in [0.1, 0.15) is 0 Å². The molecule has 2 N–H and O–H groups in total. The second-order valence-corrected chi connectivity index (χ2v) is 7.66. The molecule has 0 spiro atoms. The number of hydrogen-bond donors (Lipinski definition) is 2. The minimum atomic E-state index is -0.186. The van der Waals surface area contributed by atoms with E-state index in [1.165, 1.54) is 18.7 Å². The van der Waals surface area contributed by atoms with E-state index in [1.807, 2.05) is 56.3 Å². The first-order chi connectivity index (χ1) is 13.9. The van der Waals surface area contributed by atoms with E-state index in [0.29, 0.717) is 23.0 Å². The van der Waals surface area contributed by atoms with E-state index in [9.17, 15) is 9.59 Å². The highest BCUT2D eigenvalue weighted by molar-refractivity contribution is 7.99. The van der Waals surface area contributed by atoms with Crippen LogP contribution in [0.5, 0.6) is 0 Å². The fourth-order valence-electron chi connectivity index (χ4n) is 2.65.